The van der Waals surface area contributed by atoms with E-state index in [-0.39, 0.29) is 11.9 Å². The first-order valence-corrected chi connectivity index (χ1v) is 6.09. The summed E-state index contributed by atoms with van der Waals surface area (Å²) < 4.78 is 10.2. The summed E-state index contributed by atoms with van der Waals surface area (Å²) >= 11 is 1.39. The van der Waals surface area contributed by atoms with E-state index < -0.39 is 0 Å². The molecule has 0 aromatic carbocycles. The van der Waals surface area contributed by atoms with Crippen LogP contribution in [0.15, 0.2) is 28.2 Å². The third-order valence-corrected chi connectivity index (χ3v) is 3.30. The fourth-order valence-electron chi connectivity index (χ4n) is 1.47. The van der Waals surface area contributed by atoms with E-state index in [1.807, 2.05) is 6.07 Å². The number of aromatic nitrogens is 1. The summed E-state index contributed by atoms with van der Waals surface area (Å²) in [7, 11) is 0. The van der Waals surface area contributed by atoms with Crippen LogP contribution in [0.25, 0.3) is 10.8 Å². The van der Waals surface area contributed by atoms with Gasteiger partial charge in [-0.2, -0.15) is 0 Å². The highest BCUT2D eigenvalue weighted by atomic mass is 32.1. The van der Waals surface area contributed by atoms with Crippen molar-refractivity contribution in [1.29, 1.82) is 0 Å². The molecule has 1 fully saturated rings. The largest absolute Gasteiger partial charge is 0.462 e. The van der Waals surface area contributed by atoms with Crippen molar-refractivity contribution in [2.75, 3.05) is 13.2 Å². The Kier molecular flexibility index (Phi) is 2.66. The summed E-state index contributed by atoms with van der Waals surface area (Å²) in [5.74, 6) is 0.522. The highest BCUT2D eigenvalue weighted by Crippen LogP contribution is 2.23. The highest BCUT2D eigenvalue weighted by molar-refractivity contribution is 7.13. The van der Waals surface area contributed by atoms with Crippen molar-refractivity contribution < 1.29 is 13.9 Å². The van der Waals surface area contributed by atoms with Gasteiger partial charge in [0.25, 0.3) is 5.91 Å². The smallest absolute Gasteiger partial charge is 0.271 e. The molecule has 0 bridgehead atoms. The van der Waals surface area contributed by atoms with Gasteiger partial charge >= 0.3 is 0 Å². The Morgan fingerprint density at radius 1 is 1.53 bits per heavy atom. The maximum atomic E-state index is 11.8. The summed E-state index contributed by atoms with van der Waals surface area (Å²) in [6.45, 7) is 1.17. The molecule has 1 amide bonds. The normalized spacial score (nSPS) is 15.5. The Balaban J connectivity index is 1.73. The number of rotatable bonds is 3. The minimum absolute atomic E-state index is 0.122. The van der Waals surface area contributed by atoms with E-state index in [0.717, 1.165) is 0 Å². The lowest BCUT2D eigenvalue weighted by Gasteiger charge is -2.26. The van der Waals surface area contributed by atoms with Gasteiger partial charge in [0, 0.05) is 5.38 Å². The molecule has 0 aliphatic carbocycles. The van der Waals surface area contributed by atoms with E-state index in [0.29, 0.717) is 29.7 Å². The SMILES string of the molecule is O=C(NC1COC1)c1csc(-c2ccco2)n1. The number of hydrogen-bond donors (Lipinski definition) is 1. The van der Waals surface area contributed by atoms with Gasteiger partial charge in [-0.25, -0.2) is 4.98 Å². The van der Waals surface area contributed by atoms with Crippen LogP contribution in [0.2, 0.25) is 0 Å². The molecule has 0 atom stereocenters. The zero-order chi connectivity index (χ0) is 11.7. The van der Waals surface area contributed by atoms with Crippen LogP contribution < -0.4 is 5.32 Å². The van der Waals surface area contributed by atoms with Gasteiger partial charge in [-0.1, -0.05) is 0 Å². The lowest BCUT2D eigenvalue weighted by atomic mass is 10.2. The third kappa shape index (κ3) is 2.09. The van der Waals surface area contributed by atoms with Gasteiger partial charge in [-0.15, -0.1) is 11.3 Å². The molecule has 17 heavy (non-hydrogen) atoms. The second-order valence-corrected chi connectivity index (χ2v) is 4.58. The van der Waals surface area contributed by atoms with Crippen LogP contribution >= 0.6 is 11.3 Å². The molecule has 1 N–H and O–H groups in total. The zero-order valence-electron chi connectivity index (χ0n) is 8.88. The predicted molar refractivity (Wildman–Crippen MR) is 61.9 cm³/mol. The number of thiazole rings is 1. The number of furan rings is 1. The fraction of sp³-hybridized carbons (Fsp3) is 0.273. The summed E-state index contributed by atoms with van der Waals surface area (Å²) in [4.78, 5) is 16.0. The monoisotopic (exact) mass is 250 g/mol. The van der Waals surface area contributed by atoms with E-state index in [1.165, 1.54) is 11.3 Å². The maximum Gasteiger partial charge on any atom is 0.271 e. The molecule has 0 spiro atoms. The van der Waals surface area contributed by atoms with E-state index in [1.54, 1.807) is 17.7 Å². The second-order valence-electron chi connectivity index (χ2n) is 3.72. The fourth-order valence-corrected chi connectivity index (χ4v) is 2.24. The molecule has 3 rings (SSSR count). The molecule has 2 aromatic heterocycles. The van der Waals surface area contributed by atoms with Gasteiger partial charge in [-0.05, 0) is 12.1 Å². The van der Waals surface area contributed by atoms with Crippen molar-refractivity contribution in [3.8, 4) is 10.8 Å². The average molecular weight is 250 g/mol. The Morgan fingerprint density at radius 3 is 3.06 bits per heavy atom. The molecule has 1 aliphatic heterocycles. The molecule has 0 radical (unpaired) electrons. The topological polar surface area (TPSA) is 64.4 Å². The lowest BCUT2D eigenvalue weighted by Crippen LogP contribution is -2.48. The predicted octanol–water partition coefficient (Wildman–Crippen LogP) is 1.53. The van der Waals surface area contributed by atoms with Crippen molar-refractivity contribution in [3.05, 3.63) is 29.5 Å². The van der Waals surface area contributed by atoms with Crippen molar-refractivity contribution in [1.82, 2.24) is 10.3 Å². The molecule has 5 nitrogen and oxygen atoms in total. The molecule has 1 aliphatic rings. The molecule has 0 unspecified atom stereocenters. The van der Waals surface area contributed by atoms with Gasteiger partial charge in [0.05, 0.1) is 25.5 Å². The van der Waals surface area contributed by atoms with E-state index in [9.17, 15) is 4.79 Å². The van der Waals surface area contributed by atoms with Gasteiger partial charge in [-0.3, -0.25) is 4.79 Å². The number of carbonyl (C=O) groups excluding carboxylic acids is 1. The third-order valence-electron chi connectivity index (χ3n) is 2.44. The van der Waals surface area contributed by atoms with Crippen LogP contribution in [0.1, 0.15) is 10.5 Å². The van der Waals surface area contributed by atoms with Crippen LogP contribution in [-0.2, 0) is 4.74 Å². The van der Waals surface area contributed by atoms with Crippen molar-refractivity contribution in [2.45, 2.75) is 6.04 Å². The van der Waals surface area contributed by atoms with Crippen molar-refractivity contribution in [2.24, 2.45) is 0 Å². The zero-order valence-corrected chi connectivity index (χ0v) is 9.70. The van der Waals surface area contributed by atoms with Gasteiger partial charge < -0.3 is 14.5 Å². The summed E-state index contributed by atoms with van der Waals surface area (Å²) in [5, 5.41) is 5.28. The number of nitrogens with one attached hydrogen (secondary N) is 1. The lowest BCUT2D eigenvalue weighted by molar-refractivity contribution is -0.00353. The summed E-state index contributed by atoms with van der Waals surface area (Å²) in [6.07, 6.45) is 1.59. The van der Waals surface area contributed by atoms with Crippen LogP contribution in [0.4, 0.5) is 0 Å². The van der Waals surface area contributed by atoms with Gasteiger partial charge in [0.15, 0.2) is 10.8 Å². The summed E-state index contributed by atoms with van der Waals surface area (Å²) in [5.41, 5.74) is 0.424. The molecule has 3 heterocycles. The molecule has 6 heteroatoms. The molecule has 1 saturated heterocycles. The minimum Gasteiger partial charge on any atom is -0.462 e. The molecule has 88 valence electrons. The average Bonchev–Trinajstić information content (AvgIpc) is 2.91. The second kappa shape index (κ2) is 4.31. The first-order valence-electron chi connectivity index (χ1n) is 5.21. The van der Waals surface area contributed by atoms with E-state index >= 15 is 0 Å². The molecular formula is C11H10N2O3S. The van der Waals surface area contributed by atoms with Gasteiger partial charge in [0.1, 0.15) is 5.69 Å². The summed E-state index contributed by atoms with van der Waals surface area (Å²) in [6, 6.07) is 3.74. The number of nitrogens with zero attached hydrogens (tertiary/aromatic N) is 1. The van der Waals surface area contributed by atoms with Crippen molar-refractivity contribution >= 4 is 17.2 Å². The Hall–Kier alpha value is -1.66. The Bertz CT molecular complexity index is 517. The molecule has 2 aromatic rings. The maximum absolute atomic E-state index is 11.8. The van der Waals surface area contributed by atoms with Crippen LogP contribution in [0.3, 0.4) is 0 Å². The Morgan fingerprint density at radius 2 is 2.41 bits per heavy atom. The first-order chi connectivity index (χ1) is 8.33. The van der Waals surface area contributed by atoms with Gasteiger partial charge in [0.2, 0.25) is 0 Å². The molecule has 0 saturated carbocycles. The van der Waals surface area contributed by atoms with E-state index in [4.69, 9.17) is 9.15 Å². The van der Waals surface area contributed by atoms with E-state index in [2.05, 4.69) is 10.3 Å². The number of ether oxygens (including phenoxy) is 1. The highest BCUT2D eigenvalue weighted by Gasteiger charge is 2.22. The van der Waals surface area contributed by atoms with Crippen molar-refractivity contribution in [3.63, 3.8) is 0 Å². The minimum atomic E-state index is -0.160. The Labute approximate surface area is 101 Å². The number of amides is 1. The molecular weight excluding hydrogens is 240 g/mol. The van der Waals surface area contributed by atoms with Crippen LogP contribution in [-0.4, -0.2) is 30.1 Å². The number of carbonyl (C=O) groups is 1. The number of hydrogen-bond acceptors (Lipinski definition) is 5. The standard InChI is InChI=1S/C11H10N2O3S/c14-10(12-7-4-15-5-7)8-6-17-11(13-8)9-2-1-3-16-9/h1-3,6-7H,4-5H2,(H,12,14). The quantitative estimate of drug-likeness (QED) is 0.897. The van der Waals surface area contributed by atoms with Crippen LogP contribution in [0, 0.1) is 0 Å². The first kappa shape index (κ1) is 10.5. The van der Waals surface area contributed by atoms with Crippen LogP contribution in [0.5, 0.6) is 0 Å².